The Morgan fingerprint density at radius 3 is 2.94 bits per heavy atom. The Morgan fingerprint density at radius 1 is 1.35 bits per heavy atom. The molecule has 90 valence electrons. The second-order valence-corrected chi connectivity index (χ2v) is 4.35. The van der Waals surface area contributed by atoms with Crippen LogP contribution in [0.2, 0.25) is 0 Å². The van der Waals surface area contributed by atoms with E-state index in [9.17, 15) is 4.39 Å². The second-order valence-electron chi connectivity index (χ2n) is 3.44. The Labute approximate surface area is 106 Å². The van der Waals surface area contributed by atoms with Crippen LogP contribution in [-0.2, 0) is 13.2 Å². The van der Waals surface area contributed by atoms with Crippen LogP contribution in [0.25, 0.3) is 0 Å². The van der Waals surface area contributed by atoms with Gasteiger partial charge >= 0.3 is 0 Å². The van der Waals surface area contributed by atoms with E-state index in [1.807, 2.05) is 0 Å². The zero-order valence-corrected chi connectivity index (χ0v) is 10.5. The lowest BCUT2D eigenvalue weighted by molar-refractivity contribution is 0.286. The molecule has 0 amide bonds. The van der Waals surface area contributed by atoms with E-state index in [1.165, 1.54) is 12.3 Å². The van der Waals surface area contributed by atoms with E-state index in [1.54, 1.807) is 18.2 Å². The quantitative estimate of drug-likeness (QED) is 0.943. The van der Waals surface area contributed by atoms with Gasteiger partial charge in [-0.15, -0.1) is 0 Å². The molecule has 3 nitrogen and oxygen atoms in total. The summed E-state index contributed by atoms with van der Waals surface area (Å²) in [5.74, 6) is 0.454. The van der Waals surface area contributed by atoms with Crippen molar-refractivity contribution in [2.24, 2.45) is 5.73 Å². The van der Waals surface area contributed by atoms with E-state index in [0.717, 1.165) is 10.0 Å². The second kappa shape index (κ2) is 5.33. The number of nitrogens with two attached hydrogens (primary N) is 1. The van der Waals surface area contributed by atoms with Gasteiger partial charge in [0.25, 0.3) is 0 Å². The van der Waals surface area contributed by atoms with Crippen LogP contribution in [0.15, 0.2) is 39.4 Å². The van der Waals surface area contributed by atoms with Crippen molar-refractivity contribution in [3.05, 3.63) is 52.1 Å². The van der Waals surface area contributed by atoms with Crippen LogP contribution in [0.3, 0.4) is 0 Å². The molecule has 1 aromatic heterocycles. The molecule has 0 aliphatic heterocycles. The molecule has 0 radical (unpaired) electrons. The molecular weight excluding hydrogens is 289 g/mol. The molecule has 0 saturated carbocycles. The topological polar surface area (TPSA) is 48.4 Å². The van der Waals surface area contributed by atoms with Gasteiger partial charge in [-0.3, -0.25) is 0 Å². The average Bonchev–Trinajstić information content (AvgIpc) is 2.77. The molecule has 0 atom stereocenters. The van der Waals surface area contributed by atoms with Crippen LogP contribution in [0.4, 0.5) is 4.39 Å². The highest BCUT2D eigenvalue weighted by Gasteiger charge is 2.08. The SMILES string of the molecule is NCc1occc1COc1cc(Br)ccc1F. The first kappa shape index (κ1) is 12.1. The summed E-state index contributed by atoms with van der Waals surface area (Å²) < 4.78 is 24.7. The molecule has 17 heavy (non-hydrogen) atoms. The summed E-state index contributed by atoms with van der Waals surface area (Å²) in [4.78, 5) is 0. The molecular formula is C12H11BrFNO2. The fourth-order valence-electron chi connectivity index (χ4n) is 1.42. The summed E-state index contributed by atoms with van der Waals surface area (Å²) in [5, 5.41) is 0. The van der Waals surface area contributed by atoms with Crippen LogP contribution in [0.1, 0.15) is 11.3 Å². The van der Waals surface area contributed by atoms with Gasteiger partial charge in [-0.2, -0.15) is 0 Å². The van der Waals surface area contributed by atoms with E-state index in [0.29, 0.717) is 12.3 Å². The number of hydrogen-bond donors (Lipinski definition) is 1. The molecule has 0 bridgehead atoms. The van der Waals surface area contributed by atoms with Crippen molar-refractivity contribution >= 4 is 15.9 Å². The van der Waals surface area contributed by atoms with Gasteiger partial charge in [-0.05, 0) is 24.3 Å². The van der Waals surface area contributed by atoms with Crippen molar-refractivity contribution < 1.29 is 13.5 Å². The molecule has 0 spiro atoms. The molecule has 2 N–H and O–H groups in total. The van der Waals surface area contributed by atoms with E-state index < -0.39 is 5.82 Å². The molecule has 0 saturated heterocycles. The minimum absolute atomic E-state index is 0.198. The summed E-state index contributed by atoms with van der Waals surface area (Å²) in [6.07, 6.45) is 1.54. The number of furan rings is 1. The smallest absolute Gasteiger partial charge is 0.165 e. The zero-order valence-electron chi connectivity index (χ0n) is 8.95. The highest BCUT2D eigenvalue weighted by molar-refractivity contribution is 9.10. The summed E-state index contributed by atoms with van der Waals surface area (Å²) in [7, 11) is 0. The summed E-state index contributed by atoms with van der Waals surface area (Å²) in [6.45, 7) is 0.531. The number of halogens is 2. The monoisotopic (exact) mass is 299 g/mol. The van der Waals surface area contributed by atoms with Crippen LogP contribution in [-0.4, -0.2) is 0 Å². The lowest BCUT2D eigenvalue weighted by Gasteiger charge is -2.07. The third-order valence-electron chi connectivity index (χ3n) is 2.30. The van der Waals surface area contributed by atoms with Gasteiger partial charge in [0.15, 0.2) is 11.6 Å². The first-order valence-electron chi connectivity index (χ1n) is 5.04. The maximum Gasteiger partial charge on any atom is 0.165 e. The van der Waals surface area contributed by atoms with E-state index >= 15 is 0 Å². The van der Waals surface area contributed by atoms with Crippen molar-refractivity contribution in [3.63, 3.8) is 0 Å². The first-order chi connectivity index (χ1) is 8.20. The number of hydrogen-bond acceptors (Lipinski definition) is 3. The van der Waals surface area contributed by atoms with Gasteiger partial charge in [-0.25, -0.2) is 4.39 Å². The Morgan fingerprint density at radius 2 is 2.18 bits per heavy atom. The van der Waals surface area contributed by atoms with Crippen molar-refractivity contribution in [2.45, 2.75) is 13.2 Å². The fraction of sp³-hybridized carbons (Fsp3) is 0.167. The summed E-state index contributed by atoms with van der Waals surface area (Å²) >= 11 is 3.26. The zero-order chi connectivity index (χ0) is 12.3. The van der Waals surface area contributed by atoms with Crippen LogP contribution >= 0.6 is 15.9 Å². The Hall–Kier alpha value is -1.33. The normalized spacial score (nSPS) is 10.5. The number of rotatable bonds is 4. The molecule has 1 aromatic carbocycles. The minimum Gasteiger partial charge on any atom is -0.486 e. The van der Waals surface area contributed by atoms with E-state index in [2.05, 4.69) is 15.9 Å². The Bertz CT molecular complexity index is 513. The van der Waals surface area contributed by atoms with Crippen molar-refractivity contribution in [3.8, 4) is 5.75 Å². The highest BCUT2D eigenvalue weighted by atomic mass is 79.9. The van der Waals surface area contributed by atoms with Gasteiger partial charge in [0.05, 0.1) is 12.8 Å². The van der Waals surface area contributed by atoms with Crippen LogP contribution < -0.4 is 10.5 Å². The predicted molar refractivity (Wildman–Crippen MR) is 65.0 cm³/mol. The molecule has 0 fully saturated rings. The van der Waals surface area contributed by atoms with Crippen molar-refractivity contribution in [1.29, 1.82) is 0 Å². The molecule has 2 rings (SSSR count). The first-order valence-corrected chi connectivity index (χ1v) is 5.83. The third-order valence-corrected chi connectivity index (χ3v) is 2.79. The van der Waals surface area contributed by atoms with Crippen molar-refractivity contribution in [2.75, 3.05) is 0 Å². The molecule has 2 aromatic rings. The lowest BCUT2D eigenvalue weighted by atomic mass is 10.2. The van der Waals surface area contributed by atoms with Crippen LogP contribution in [0, 0.1) is 5.82 Å². The van der Waals surface area contributed by atoms with Crippen LogP contribution in [0.5, 0.6) is 5.75 Å². The molecule has 0 unspecified atom stereocenters. The van der Waals surface area contributed by atoms with Gasteiger partial charge in [0, 0.05) is 10.0 Å². The van der Waals surface area contributed by atoms with Gasteiger partial charge in [0.1, 0.15) is 12.4 Å². The maximum atomic E-state index is 13.4. The van der Waals surface area contributed by atoms with Gasteiger partial charge < -0.3 is 14.9 Å². The number of ether oxygens (including phenoxy) is 1. The van der Waals surface area contributed by atoms with E-state index in [4.69, 9.17) is 14.9 Å². The Kier molecular flexibility index (Phi) is 3.81. The molecule has 1 heterocycles. The standard InChI is InChI=1S/C12H11BrFNO2/c13-9-1-2-10(14)11(5-9)17-7-8-3-4-16-12(8)6-15/h1-5H,6-7,15H2. The predicted octanol–water partition coefficient (Wildman–Crippen LogP) is 3.22. The minimum atomic E-state index is -0.397. The maximum absolute atomic E-state index is 13.4. The summed E-state index contributed by atoms with van der Waals surface area (Å²) in [6, 6.07) is 6.31. The lowest BCUT2D eigenvalue weighted by Crippen LogP contribution is -2.02. The molecule has 0 aliphatic carbocycles. The summed E-state index contributed by atoms with van der Waals surface area (Å²) in [5.41, 5.74) is 6.31. The third kappa shape index (κ3) is 2.87. The highest BCUT2D eigenvalue weighted by Crippen LogP contribution is 2.23. The number of benzene rings is 1. The molecule has 5 heteroatoms. The fourth-order valence-corrected chi connectivity index (χ4v) is 1.76. The van der Waals surface area contributed by atoms with Gasteiger partial charge in [-0.1, -0.05) is 15.9 Å². The molecule has 0 aliphatic rings. The largest absolute Gasteiger partial charge is 0.486 e. The van der Waals surface area contributed by atoms with Gasteiger partial charge in [0.2, 0.25) is 0 Å². The van der Waals surface area contributed by atoms with E-state index in [-0.39, 0.29) is 12.4 Å². The average molecular weight is 300 g/mol. The Balaban J connectivity index is 2.09. The van der Waals surface area contributed by atoms with Crippen molar-refractivity contribution in [1.82, 2.24) is 0 Å².